The molecule has 0 aromatic heterocycles. The lowest BCUT2D eigenvalue weighted by Crippen LogP contribution is -2.42. The molecule has 1 rings (SSSR count). The van der Waals surface area contributed by atoms with Gasteiger partial charge in [0.25, 0.3) is 0 Å². The first-order valence-corrected chi connectivity index (χ1v) is 14.3. The Kier molecular flexibility index (Phi) is 17.9. The molecule has 0 heterocycles. The number of ether oxygens (including phenoxy) is 1. The summed E-state index contributed by atoms with van der Waals surface area (Å²) in [6.07, 6.45) is 9.98. The number of nitrogens with zero attached hydrogens (tertiary/aromatic N) is 4. The number of hydrogen-bond acceptors (Lipinski definition) is 7. The van der Waals surface area contributed by atoms with Gasteiger partial charge in [0.2, 0.25) is 5.91 Å². The van der Waals surface area contributed by atoms with Crippen LogP contribution >= 0.6 is 0 Å². The van der Waals surface area contributed by atoms with E-state index in [-0.39, 0.29) is 11.9 Å². The summed E-state index contributed by atoms with van der Waals surface area (Å²) in [4.78, 5) is 39.1. The third kappa shape index (κ3) is 16.0. The molecule has 0 aliphatic carbocycles. The predicted molar refractivity (Wildman–Crippen MR) is 165 cm³/mol. The van der Waals surface area contributed by atoms with Crippen LogP contribution in [-0.2, 0) is 27.2 Å². The lowest BCUT2D eigenvalue weighted by atomic mass is 10.0. The molecule has 6 N–H and O–H groups in total. The average molecular weight is 558 g/mol. The van der Waals surface area contributed by atoms with Gasteiger partial charge in [-0.05, 0) is 95.4 Å². The number of amidine groups is 2. The summed E-state index contributed by atoms with van der Waals surface area (Å²) in [6, 6.07) is 7.55. The minimum atomic E-state index is -0.484. The molecule has 10 heteroatoms. The largest absolute Gasteiger partial charge is 0.467 e. The Balaban J connectivity index is 2.36. The number of benzene rings is 1. The highest BCUT2D eigenvalue weighted by Gasteiger charge is 2.18. The molecule has 224 valence electrons. The van der Waals surface area contributed by atoms with Crippen LogP contribution in [0.2, 0.25) is 0 Å². The van der Waals surface area contributed by atoms with E-state index in [1.807, 2.05) is 13.3 Å². The predicted octanol–water partition coefficient (Wildman–Crippen LogP) is 3.04. The van der Waals surface area contributed by atoms with Crippen molar-refractivity contribution in [2.24, 2.45) is 32.2 Å². The smallest absolute Gasteiger partial charge is 0.330 e. The van der Waals surface area contributed by atoms with Crippen molar-refractivity contribution in [1.82, 2.24) is 4.90 Å². The molecule has 0 saturated heterocycles. The molecule has 1 aromatic rings. The summed E-state index contributed by atoms with van der Waals surface area (Å²) in [6.45, 7) is 5.49. The lowest BCUT2D eigenvalue weighted by molar-refractivity contribution is -0.142. The van der Waals surface area contributed by atoms with Crippen LogP contribution in [0, 0.1) is 0 Å². The average Bonchev–Trinajstić information content (AvgIpc) is 2.93. The van der Waals surface area contributed by atoms with Gasteiger partial charge in [-0.25, -0.2) is 4.79 Å². The van der Waals surface area contributed by atoms with Gasteiger partial charge in [-0.2, -0.15) is 0 Å². The Labute approximate surface area is 240 Å². The quantitative estimate of drug-likeness (QED) is 0.0966. The van der Waals surface area contributed by atoms with Gasteiger partial charge in [-0.15, -0.1) is 0 Å². The van der Waals surface area contributed by atoms with E-state index in [0.29, 0.717) is 44.1 Å². The van der Waals surface area contributed by atoms with Crippen LogP contribution in [0.3, 0.4) is 0 Å². The highest BCUT2D eigenvalue weighted by atomic mass is 16.5. The van der Waals surface area contributed by atoms with Crippen molar-refractivity contribution in [3.05, 3.63) is 35.4 Å². The first-order chi connectivity index (χ1) is 19.1. The molecule has 0 aliphatic rings. The molecule has 2 atom stereocenters. The zero-order valence-electron chi connectivity index (χ0n) is 25.0. The van der Waals surface area contributed by atoms with Gasteiger partial charge >= 0.3 is 5.97 Å². The molecular weight excluding hydrogens is 506 g/mol. The second-order valence-electron chi connectivity index (χ2n) is 10.2. The number of aryl methyl sites for hydroxylation is 1. The zero-order chi connectivity index (χ0) is 29.8. The molecule has 1 aromatic carbocycles. The van der Waals surface area contributed by atoms with E-state index in [9.17, 15) is 9.59 Å². The van der Waals surface area contributed by atoms with E-state index >= 15 is 0 Å². The summed E-state index contributed by atoms with van der Waals surface area (Å²) >= 11 is 0. The van der Waals surface area contributed by atoms with Crippen LogP contribution in [0.5, 0.6) is 0 Å². The number of rotatable bonds is 20. The Hall–Kier alpha value is -3.27. The minimum absolute atomic E-state index is 0.0259. The molecule has 40 heavy (non-hydrogen) atoms. The van der Waals surface area contributed by atoms with Crippen LogP contribution in [0.15, 0.2) is 39.2 Å². The molecule has 0 bridgehead atoms. The number of amides is 1. The van der Waals surface area contributed by atoms with Gasteiger partial charge in [0.05, 0.1) is 24.8 Å². The fraction of sp³-hybridized carbons (Fsp3) is 0.633. The number of nitrogens with two attached hydrogens (primary N) is 3. The summed E-state index contributed by atoms with van der Waals surface area (Å²) in [5.74, 6) is 0.825. The first-order valence-electron chi connectivity index (χ1n) is 14.3. The fourth-order valence-electron chi connectivity index (χ4n) is 4.11. The van der Waals surface area contributed by atoms with Crippen molar-refractivity contribution < 1.29 is 14.3 Å². The Morgan fingerprint density at radius 3 is 2.00 bits per heavy atom. The Morgan fingerprint density at radius 1 is 0.900 bits per heavy atom. The normalized spacial score (nSPS) is 13.8. The molecule has 1 amide bonds. The number of carbonyl (C=O) groups is 2. The summed E-state index contributed by atoms with van der Waals surface area (Å²) in [5, 5.41) is 0. The van der Waals surface area contributed by atoms with E-state index in [2.05, 4.69) is 39.2 Å². The van der Waals surface area contributed by atoms with Crippen LogP contribution in [0.25, 0.3) is 0 Å². The van der Waals surface area contributed by atoms with Crippen molar-refractivity contribution in [1.29, 1.82) is 0 Å². The molecule has 0 spiro atoms. The highest BCUT2D eigenvalue weighted by Crippen LogP contribution is 2.11. The lowest BCUT2D eigenvalue weighted by Gasteiger charge is -2.21. The second kappa shape index (κ2) is 20.6. The summed E-state index contributed by atoms with van der Waals surface area (Å²) < 4.78 is 4.90. The molecule has 0 saturated carbocycles. The Bertz CT molecular complexity index is 953. The maximum atomic E-state index is 12.6. The second-order valence-corrected chi connectivity index (χ2v) is 10.2. The van der Waals surface area contributed by atoms with Gasteiger partial charge < -0.3 is 26.8 Å². The molecule has 0 radical (unpaired) electrons. The van der Waals surface area contributed by atoms with Crippen LogP contribution < -0.4 is 17.2 Å². The van der Waals surface area contributed by atoms with Gasteiger partial charge in [-0.1, -0.05) is 24.3 Å². The van der Waals surface area contributed by atoms with E-state index in [0.717, 1.165) is 51.4 Å². The number of unbranched alkanes of at least 4 members (excludes halogenated alkanes) is 3. The number of aliphatic imine (C=N–C) groups is 3. The van der Waals surface area contributed by atoms with Crippen LogP contribution in [-0.4, -0.2) is 80.5 Å². The maximum absolute atomic E-state index is 12.6. The van der Waals surface area contributed by atoms with Gasteiger partial charge in [0, 0.05) is 26.7 Å². The van der Waals surface area contributed by atoms with Crippen molar-refractivity contribution in [3.8, 4) is 0 Å². The summed E-state index contributed by atoms with van der Waals surface area (Å²) in [7, 11) is 3.20. The zero-order valence-corrected chi connectivity index (χ0v) is 25.0. The SMILES string of the molecule is COC(=O)C(CCCCN=C(C)N)N=CCCCc1ccc(CCN(C)C(=O)C(N)CCCCN=C(C)N)cc1. The van der Waals surface area contributed by atoms with Crippen molar-refractivity contribution in [3.63, 3.8) is 0 Å². The monoisotopic (exact) mass is 557 g/mol. The van der Waals surface area contributed by atoms with E-state index in [1.165, 1.54) is 18.2 Å². The van der Waals surface area contributed by atoms with Crippen molar-refractivity contribution in [2.45, 2.75) is 90.1 Å². The van der Waals surface area contributed by atoms with Crippen molar-refractivity contribution >= 4 is 29.8 Å². The van der Waals surface area contributed by atoms with Crippen molar-refractivity contribution in [2.75, 3.05) is 33.8 Å². The van der Waals surface area contributed by atoms with Crippen LogP contribution in [0.1, 0.15) is 76.3 Å². The number of methoxy groups -OCH3 is 1. The molecule has 0 fully saturated rings. The Morgan fingerprint density at radius 2 is 1.45 bits per heavy atom. The first kappa shape index (κ1) is 34.8. The van der Waals surface area contributed by atoms with Gasteiger partial charge in [-0.3, -0.25) is 19.8 Å². The molecule has 0 aliphatic heterocycles. The molecule has 2 unspecified atom stereocenters. The van der Waals surface area contributed by atoms with Crippen LogP contribution in [0.4, 0.5) is 0 Å². The number of likely N-dealkylation sites (N-methyl/N-ethyl adjacent to an activating group) is 1. The standard InChI is InChI=1S/C30H51N7O3/c1-23(31)34-19-9-6-12-27(33)29(38)37(3)22-18-26-16-14-25(15-17-26)11-5-8-21-36-28(30(39)40-4)13-7-10-20-35-24(2)32/h14-17,21,27-28H,5-13,18-20,22,33H2,1-4H3,(H2,31,34)(H2,32,35). The minimum Gasteiger partial charge on any atom is -0.467 e. The molecular formula is C30H51N7O3. The number of esters is 1. The topological polar surface area (TPSA) is 162 Å². The van der Waals surface area contributed by atoms with Gasteiger partial charge in [0.15, 0.2) is 0 Å². The van der Waals surface area contributed by atoms with E-state index in [4.69, 9.17) is 21.9 Å². The van der Waals surface area contributed by atoms with Gasteiger partial charge in [0.1, 0.15) is 6.04 Å². The summed E-state index contributed by atoms with van der Waals surface area (Å²) in [5.41, 5.74) is 19.6. The third-order valence-electron chi connectivity index (χ3n) is 6.54. The van der Waals surface area contributed by atoms with E-state index < -0.39 is 12.1 Å². The number of hydrogen-bond donors (Lipinski definition) is 3. The number of carbonyl (C=O) groups excluding carboxylic acids is 2. The molecule has 10 nitrogen and oxygen atoms in total. The highest BCUT2D eigenvalue weighted by molar-refractivity contribution is 5.81. The third-order valence-corrected chi connectivity index (χ3v) is 6.54. The maximum Gasteiger partial charge on any atom is 0.330 e. The fourth-order valence-corrected chi connectivity index (χ4v) is 4.11. The van der Waals surface area contributed by atoms with E-state index in [1.54, 1.807) is 18.7 Å².